The number of nitrogens with two attached hydrogens (primary N) is 1. The van der Waals surface area contributed by atoms with Gasteiger partial charge in [-0.15, -0.1) is 0 Å². The predicted molar refractivity (Wildman–Crippen MR) is 82.4 cm³/mol. The molecule has 4 nitrogen and oxygen atoms in total. The molecule has 0 saturated carbocycles. The molecule has 0 unspecified atom stereocenters. The first-order valence-corrected chi connectivity index (χ1v) is 6.43. The minimum atomic E-state index is -0.454. The van der Waals surface area contributed by atoms with Crippen LogP contribution in [0.5, 0.6) is 5.75 Å². The number of nitrogens with zero attached hydrogens (tertiary/aromatic N) is 1. The summed E-state index contributed by atoms with van der Waals surface area (Å²) in [7, 11) is 1.57. The van der Waals surface area contributed by atoms with Crippen LogP contribution in [0, 0.1) is 5.82 Å². The normalized spacial score (nSPS) is 10.6. The van der Waals surface area contributed by atoms with Gasteiger partial charge >= 0.3 is 0 Å². The summed E-state index contributed by atoms with van der Waals surface area (Å²) in [5.41, 5.74) is 7.64. The fourth-order valence-corrected chi connectivity index (χ4v) is 2.24. The molecule has 0 aliphatic carbocycles. The Hall–Kier alpha value is -2.82. The molecule has 3 rings (SSSR count). The number of nitrogen functional groups attached to an aromatic ring is 1. The molecule has 0 aliphatic heterocycles. The Balaban J connectivity index is 2.17. The van der Waals surface area contributed by atoms with Gasteiger partial charge in [0.15, 0.2) is 5.82 Å². The van der Waals surface area contributed by atoms with Crippen molar-refractivity contribution in [2.45, 2.75) is 0 Å². The monoisotopic (exact) mass is 283 g/mol. The molecule has 106 valence electrons. The van der Waals surface area contributed by atoms with Crippen LogP contribution in [0.25, 0.3) is 10.9 Å². The van der Waals surface area contributed by atoms with Crippen molar-refractivity contribution >= 4 is 28.0 Å². The zero-order chi connectivity index (χ0) is 14.8. The number of aromatic nitrogens is 1. The Morgan fingerprint density at radius 1 is 1.19 bits per heavy atom. The van der Waals surface area contributed by atoms with Crippen molar-refractivity contribution in [1.29, 1.82) is 0 Å². The van der Waals surface area contributed by atoms with Crippen LogP contribution in [0.3, 0.4) is 0 Å². The van der Waals surface area contributed by atoms with E-state index in [2.05, 4.69) is 10.3 Å². The number of ether oxygens (including phenoxy) is 1. The largest absolute Gasteiger partial charge is 0.495 e. The molecule has 0 spiro atoms. The van der Waals surface area contributed by atoms with Crippen molar-refractivity contribution in [3.63, 3.8) is 0 Å². The lowest BCUT2D eigenvalue weighted by Gasteiger charge is -2.14. The number of rotatable bonds is 3. The minimum absolute atomic E-state index is 0.282. The van der Waals surface area contributed by atoms with Gasteiger partial charge in [0.2, 0.25) is 0 Å². The molecule has 0 aliphatic rings. The first-order chi connectivity index (χ1) is 10.2. The van der Waals surface area contributed by atoms with Crippen molar-refractivity contribution < 1.29 is 9.13 Å². The van der Waals surface area contributed by atoms with E-state index >= 15 is 0 Å². The van der Waals surface area contributed by atoms with E-state index in [1.54, 1.807) is 25.4 Å². The van der Waals surface area contributed by atoms with E-state index in [-0.39, 0.29) is 5.69 Å². The average Bonchev–Trinajstić information content (AvgIpc) is 2.52. The van der Waals surface area contributed by atoms with Gasteiger partial charge in [-0.1, -0.05) is 12.1 Å². The first kappa shape index (κ1) is 13.2. The molecular weight excluding hydrogens is 269 g/mol. The summed E-state index contributed by atoms with van der Waals surface area (Å²) in [4.78, 5) is 4.23. The molecule has 0 amide bonds. The van der Waals surface area contributed by atoms with Crippen molar-refractivity contribution in [2.75, 3.05) is 18.2 Å². The maximum atomic E-state index is 14.3. The summed E-state index contributed by atoms with van der Waals surface area (Å²) in [5.74, 6) is 0.169. The van der Waals surface area contributed by atoms with Crippen molar-refractivity contribution in [3.05, 3.63) is 54.5 Å². The van der Waals surface area contributed by atoms with Crippen molar-refractivity contribution in [3.8, 4) is 5.75 Å². The van der Waals surface area contributed by atoms with E-state index in [1.807, 2.05) is 24.3 Å². The Morgan fingerprint density at radius 3 is 2.81 bits per heavy atom. The highest BCUT2D eigenvalue weighted by Gasteiger charge is 2.13. The third kappa shape index (κ3) is 2.33. The molecule has 5 heteroatoms. The van der Waals surface area contributed by atoms with Gasteiger partial charge < -0.3 is 15.8 Å². The molecule has 0 fully saturated rings. The highest BCUT2D eigenvalue weighted by molar-refractivity contribution is 5.99. The second-order valence-electron chi connectivity index (χ2n) is 4.55. The van der Waals surface area contributed by atoms with Crippen LogP contribution in [0.15, 0.2) is 48.7 Å². The van der Waals surface area contributed by atoms with Gasteiger partial charge in [-0.25, -0.2) is 4.39 Å². The maximum absolute atomic E-state index is 14.3. The highest BCUT2D eigenvalue weighted by Crippen LogP contribution is 2.34. The number of benzene rings is 2. The van der Waals surface area contributed by atoms with Crippen LogP contribution in [-0.2, 0) is 0 Å². The minimum Gasteiger partial charge on any atom is -0.495 e. The van der Waals surface area contributed by atoms with E-state index in [1.165, 1.54) is 6.07 Å². The van der Waals surface area contributed by atoms with E-state index in [9.17, 15) is 4.39 Å². The van der Waals surface area contributed by atoms with Gasteiger partial charge in [-0.3, -0.25) is 4.98 Å². The van der Waals surface area contributed by atoms with Crippen LogP contribution in [0.2, 0.25) is 0 Å². The van der Waals surface area contributed by atoms with E-state index in [4.69, 9.17) is 10.5 Å². The Bertz CT molecular complexity index is 805. The summed E-state index contributed by atoms with van der Waals surface area (Å²) in [6.45, 7) is 0. The van der Waals surface area contributed by atoms with Gasteiger partial charge in [-0.2, -0.15) is 0 Å². The lowest BCUT2D eigenvalue weighted by atomic mass is 10.1. The number of pyridine rings is 1. The van der Waals surface area contributed by atoms with Crippen molar-refractivity contribution in [2.24, 2.45) is 0 Å². The third-order valence-corrected chi connectivity index (χ3v) is 3.24. The topological polar surface area (TPSA) is 60.2 Å². The number of hydrogen-bond acceptors (Lipinski definition) is 4. The molecule has 0 saturated heterocycles. The van der Waals surface area contributed by atoms with Crippen LogP contribution in [0.1, 0.15) is 0 Å². The molecule has 3 aromatic rings. The van der Waals surface area contributed by atoms with Gasteiger partial charge in [0, 0.05) is 17.3 Å². The summed E-state index contributed by atoms with van der Waals surface area (Å²) in [5, 5.41) is 3.75. The Morgan fingerprint density at radius 2 is 2.00 bits per heavy atom. The van der Waals surface area contributed by atoms with Crippen LogP contribution >= 0.6 is 0 Å². The van der Waals surface area contributed by atoms with Crippen LogP contribution in [0.4, 0.5) is 21.5 Å². The number of methoxy groups -OCH3 is 1. The molecular formula is C16H14FN3O. The zero-order valence-corrected chi connectivity index (χ0v) is 11.4. The molecule has 21 heavy (non-hydrogen) atoms. The number of anilines is 3. The standard InChI is InChI=1S/C16H14FN3O/c1-21-14-7-3-2-6-13(14)20-16-11(17)9-12(18)10-5-4-8-19-15(10)16/h2-9,20H,18H2,1H3. The van der Waals surface area contributed by atoms with Gasteiger partial charge in [0.25, 0.3) is 0 Å². The maximum Gasteiger partial charge on any atom is 0.150 e. The highest BCUT2D eigenvalue weighted by atomic mass is 19.1. The zero-order valence-electron chi connectivity index (χ0n) is 11.4. The molecule has 2 aromatic carbocycles. The number of nitrogens with one attached hydrogen (secondary N) is 1. The molecule has 0 radical (unpaired) electrons. The van der Waals surface area contributed by atoms with Crippen molar-refractivity contribution in [1.82, 2.24) is 4.98 Å². The lowest BCUT2D eigenvalue weighted by Crippen LogP contribution is -2.00. The fraction of sp³-hybridized carbons (Fsp3) is 0.0625. The van der Waals surface area contributed by atoms with Gasteiger partial charge in [-0.05, 0) is 30.3 Å². The predicted octanol–water partition coefficient (Wildman–Crippen LogP) is 3.71. The summed E-state index contributed by atoms with van der Waals surface area (Å²) in [6, 6.07) is 12.2. The fourth-order valence-electron chi connectivity index (χ4n) is 2.24. The van der Waals surface area contributed by atoms with Gasteiger partial charge in [0.1, 0.15) is 11.4 Å². The lowest BCUT2D eigenvalue weighted by molar-refractivity contribution is 0.417. The molecule has 1 aromatic heterocycles. The van der Waals surface area contributed by atoms with Crippen LogP contribution < -0.4 is 15.8 Å². The van der Waals surface area contributed by atoms with Crippen LogP contribution in [-0.4, -0.2) is 12.1 Å². The molecule has 3 N–H and O–H groups in total. The number of para-hydroxylation sites is 2. The summed E-state index contributed by atoms with van der Waals surface area (Å²) < 4.78 is 19.5. The summed E-state index contributed by atoms with van der Waals surface area (Å²) in [6.07, 6.45) is 1.61. The molecule has 1 heterocycles. The number of fused-ring (bicyclic) bond motifs is 1. The van der Waals surface area contributed by atoms with E-state index in [0.29, 0.717) is 28.0 Å². The van der Waals surface area contributed by atoms with E-state index < -0.39 is 5.82 Å². The third-order valence-electron chi connectivity index (χ3n) is 3.24. The SMILES string of the molecule is COc1ccccc1Nc1c(F)cc(N)c2cccnc12. The second-order valence-corrected chi connectivity index (χ2v) is 4.55. The molecule has 0 bridgehead atoms. The first-order valence-electron chi connectivity index (χ1n) is 6.43. The number of hydrogen-bond donors (Lipinski definition) is 2. The summed E-state index contributed by atoms with van der Waals surface area (Å²) >= 11 is 0. The number of halogens is 1. The smallest absolute Gasteiger partial charge is 0.150 e. The average molecular weight is 283 g/mol. The van der Waals surface area contributed by atoms with Gasteiger partial charge in [0.05, 0.1) is 18.3 Å². The Kier molecular flexibility index (Phi) is 3.31. The van der Waals surface area contributed by atoms with E-state index in [0.717, 1.165) is 0 Å². The molecule has 0 atom stereocenters. The second kappa shape index (κ2) is 5.28. The Labute approximate surface area is 121 Å². The quantitative estimate of drug-likeness (QED) is 0.719.